The second-order valence-electron chi connectivity index (χ2n) is 7.00. The first-order chi connectivity index (χ1) is 12.0. The van der Waals surface area contributed by atoms with Gasteiger partial charge in [0.1, 0.15) is 0 Å². The number of anilines is 3. The third-order valence-electron chi connectivity index (χ3n) is 4.29. The largest absolute Gasteiger partial charge is 0.454 e. The first kappa shape index (κ1) is 15.6. The Kier molecular flexibility index (Phi) is 3.67. The summed E-state index contributed by atoms with van der Waals surface area (Å²) in [5, 5.41) is 6.45. The molecule has 2 N–H and O–H groups in total. The van der Waals surface area contributed by atoms with E-state index in [1.54, 1.807) is 12.1 Å². The van der Waals surface area contributed by atoms with E-state index in [1.807, 2.05) is 30.3 Å². The molecule has 2 heterocycles. The van der Waals surface area contributed by atoms with Crippen molar-refractivity contribution in [1.82, 2.24) is 0 Å². The summed E-state index contributed by atoms with van der Waals surface area (Å²) in [6, 6.07) is 13.5. The summed E-state index contributed by atoms with van der Waals surface area (Å²) in [5.41, 5.74) is 2.70. The minimum atomic E-state index is -0.104. The van der Waals surface area contributed by atoms with E-state index in [9.17, 15) is 4.79 Å². The highest BCUT2D eigenvalue weighted by atomic mass is 16.7. The lowest BCUT2D eigenvalue weighted by Crippen LogP contribution is -2.50. The van der Waals surface area contributed by atoms with Crippen LogP contribution in [0.25, 0.3) is 0 Å². The predicted octanol–water partition coefficient (Wildman–Crippen LogP) is 3.06. The third kappa shape index (κ3) is 3.20. The van der Waals surface area contributed by atoms with E-state index in [-0.39, 0.29) is 24.8 Å². The number of hydrogen-bond acceptors (Lipinski definition) is 5. The topological polar surface area (TPSA) is 62.8 Å². The molecule has 0 aliphatic carbocycles. The summed E-state index contributed by atoms with van der Waals surface area (Å²) in [4.78, 5) is 14.7. The molecule has 0 radical (unpaired) electrons. The molecular formula is C19H21N3O3. The number of carbonyl (C=O) groups is 1. The van der Waals surface area contributed by atoms with E-state index < -0.39 is 0 Å². The van der Waals surface area contributed by atoms with Crippen LogP contribution in [0.15, 0.2) is 42.5 Å². The molecule has 2 aliphatic rings. The molecule has 4 rings (SSSR count). The molecular weight excluding hydrogens is 318 g/mol. The zero-order chi connectivity index (χ0) is 17.4. The fourth-order valence-corrected chi connectivity index (χ4v) is 3.31. The first-order valence-electron chi connectivity index (χ1n) is 8.32. The maximum atomic E-state index is 12.6. The van der Waals surface area contributed by atoms with Crippen LogP contribution in [0.4, 0.5) is 17.1 Å². The minimum absolute atomic E-state index is 0.0635. The lowest BCUT2D eigenvalue weighted by molar-refractivity contribution is -0.115. The van der Waals surface area contributed by atoms with Crippen LogP contribution in [0, 0.1) is 0 Å². The van der Waals surface area contributed by atoms with Gasteiger partial charge in [-0.15, -0.1) is 0 Å². The van der Waals surface area contributed by atoms with Crippen molar-refractivity contribution in [2.45, 2.75) is 19.4 Å². The van der Waals surface area contributed by atoms with Crippen molar-refractivity contribution >= 4 is 23.0 Å². The molecule has 2 aromatic rings. The Bertz CT molecular complexity index is 819. The average Bonchev–Trinajstić information content (AvgIpc) is 3.01. The number of para-hydroxylation sites is 2. The van der Waals surface area contributed by atoms with Crippen LogP contribution < -0.4 is 25.0 Å². The Morgan fingerprint density at radius 2 is 2.00 bits per heavy atom. The Hall–Kier alpha value is -2.89. The minimum Gasteiger partial charge on any atom is -0.454 e. The summed E-state index contributed by atoms with van der Waals surface area (Å²) >= 11 is 0. The second-order valence-corrected chi connectivity index (χ2v) is 7.00. The molecule has 0 saturated heterocycles. The molecule has 6 heteroatoms. The van der Waals surface area contributed by atoms with Gasteiger partial charge in [0, 0.05) is 23.8 Å². The number of rotatable bonds is 3. The summed E-state index contributed by atoms with van der Waals surface area (Å²) in [6.45, 7) is 5.52. The Morgan fingerprint density at radius 1 is 1.20 bits per heavy atom. The van der Waals surface area contributed by atoms with E-state index in [0.717, 1.165) is 17.9 Å². The molecule has 0 aromatic heterocycles. The van der Waals surface area contributed by atoms with Crippen molar-refractivity contribution in [3.8, 4) is 11.5 Å². The normalized spacial score (nSPS) is 16.8. The summed E-state index contributed by atoms with van der Waals surface area (Å²) in [7, 11) is 0. The lowest BCUT2D eigenvalue weighted by atomic mass is 9.99. The Balaban J connectivity index is 1.49. The quantitative estimate of drug-likeness (QED) is 0.900. The molecule has 130 valence electrons. The number of benzene rings is 2. The van der Waals surface area contributed by atoms with Gasteiger partial charge in [0.15, 0.2) is 11.5 Å². The van der Waals surface area contributed by atoms with Gasteiger partial charge in [-0.2, -0.15) is 0 Å². The molecule has 0 saturated carbocycles. The number of carbonyl (C=O) groups excluding carboxylic acids is 1. The van der Waals surface area contributed by atoms with Crippen molar-refractivity contribution in [2.75, 3.05) is 35.4 Å². The number of ether oxygens (including phenoxy) is 2. The van der Waals surface area contributed by atoms with Crippen molar-refractivity contribution in [3.63, 3.8) is 0 Å². The molecule has 0 spiro atoms. The predicted molar refractivity (Wildman–Crippen MR) is 97.6 cm³/mol. The van der Waals surface area contributed by atoms with E-state index in [2.05, 4.69) is 29.4 Å². The summed E-state index contributed by atoms with van der Waals surface area (Å²) in [6.07, 6.45) is 0. The molecule has 0 bridgehead atoms. The van der Waals surface area contributed by atoms with Crippen LogP contribution in [0.2, 0.25) is 0 Å². The van der Waals surface area contributed by atoms with E-state index >= 15 is 0 Å². The lowest BCUT2D eigenvalue weighted by Gasteiger charge is -2.41. The van der Waals surface area contributed by atoms with Gasteiger partial charge in [-0.05, 0) is 38.1 Å². The smallest absolute Gasteiger partial charge is 0.243 e. The Labute approximate surface area is 146 Å². The summed E-state index contributed by atoms with van der Waals surface area (Å²) < 4.78 is 10.6. The van der Waals surface area contributed by atoms with Gasteiger partial charge in [-0.3, -0.25) is 4.79 Å². The molecule has 0 atom stereocenters. The number of nitrogens with one attached hydrogen (secondary N) is 2. The summed E-state index contributed by atoms with van der Waals surface area (Å²) in [5.74, 6) is 1.30. The SMILES string of the molecule is CC1(C)CN(CC(=O)Nc2ccc3c(c2)OCO3)c2ccccc2N1. The molecule has 6 nitrogen and oxygen atoms in total. The molecule has 2 aromatic carbocycles. The highest BCUT2D eigenvalue weighted by molar-refractivity contribution is 5.95. The third-order valence-corrected chi connectivity index (χ3v) is 4.29. The van der Waals surface area contributed by atoms with Gasteiger partial charge >= 0.3 is 0 Å². The molecule has 1 amide bonds. The van der Waals surface area contributed by atoms with E-state index in [0.29, 0.717) is 17.2 Å². The molecule has 0 fully saturated rings. The fourth-order valence-electron chi connectivity index (χ4n) is 3.31. The van der Waals surface area contributed by atoms with E-state index in [1.165, 1.54) is 0 Å². The molecule has 0 unspecified atom stereocenters. The van der Waals surface area contributed by atoms with Crippen LogP contribution >= 0.6 is 0 Å². The van der Waals surface area contributed by atoms with Crippen molar-refractivity contribution < 1.29 is 14.3 Å². The average molecular weight is 339 g/mol. The zero-order valence-electron chi connectivity index (χ0n) is 14.3. The number of nitrogens with zero attached hydrogens (tertiary/aromatic N) is 1. The van der Waals surface area contributed by atoms with Crippen LogP contribution in [0.3, 0.4) is 0 Å². The zero-order valence-corrected chi connectivity index (χ0v) is 14.3. The van der Waals surface area contributed by atoms with Gasteiger partial charge in [-0.1, -0.05) is 12.1 Å². The molecule has 2 aliphatic heterocycles. The van der Waals surface area contributed by atoms with Gasteiger partial charge in [0.2, 0.25) is 12.7 Å². The maximum absolute atomic E-state index is 12.6. The Morgan fingerprint density at radius 3 is 2.88 bits per heavy atom. The standard InChI is InChI=1S/C19H21N3O3/c1-19(2)11-22(15-6-4-3-5-14(15)21-19)10-18(23)20-13-7-8-16-17(9-13)25-12-24-16/h3-9,21H,10-12H2,1-2H3,(H,20,23). The van der Waals surface area contributed by atoms with Crippen LogP contribution in [-0.4, -0.2) is 31.3 Å². The number of fused-ring (bicyclic) bond motifs is 2. The first-order valence-corrected chi connectivity index (χ1v) is 8.32. The van der Waals surface area contributed by atoms with E-state index in [4.69, 9.17) is 9.47 Å². The van der Waals surface area contributed by atoms with Crippen LogP contribution in [0.1, 0.15) is 13.8 Å². The number of hydrogen-bond donors (Lipinski definition) is 2. The second kappa shape index (κ2) is 5.88. The highest BCUT2D eigenvalue weighted by Gasteiger charge is 2.30. The van der Waals surface area contributed by atoms with Crippen LogP contribution in [0.5, 0.6) is 11.5 Å². The van der Waals surface area contributed by atoms with Gasteiger partial charge < -0.3 is 25.0 Å². The van der Waals surface area contributed by atoms with Gasteiger partial charge in [-0.25, -0.2) is 0 Å². The van der Waals surface area contributed by atoms with Crippen molar-refractivity contribution in [3.05, 3.63) is 42.5 Å². The van der Waals surface area contributed by atoms with Crippen molar-refractivity contribution in [1.29, 1.82) is 0 Å². The van der Waals surface area contributed by atoms with Gasteiger partial charge in [0.05, 0.1) is 17.9 Å². The number of amides is 1. The van der Waals surface area contributed by atoms with Gasteiger partial charge in [0.25, 0.3) is 0 Å². The van der Waals surface area contributed by atoms with Crippen LogP contribution in [-0.2, 0) is 4.79 Å². The maximum Gasteiger partial charge on any atom is 0.243 e. The fraction of sp³-hybridized carbons (Fsp3) is 0.316. The highest BCUT2D eigenvalue weighted by Crippen LogP contribution is 2.35. The monoisotopic (exact) mass is 339 g/mol. The molecule has 25 heavy (non-hydrogen) atoms. The van der Waals surface area contributed by atoms with Crippen molar-refractivity contribution in [2.24, 2.45) is 0 Å².